The topological polar surface area (TPSA) is 61.4 Å². The van der Waals surface area contributed by atoms with E-state index in [0.29, 0.717) is 12.6 Å². The smallest absolute Gasteiger partial charge is 0.315 e. The molecule has 1 aliphatic rings. The van der Waals surface area contributed by atoms with Gasteiger partial charge in [-0.05, 0) is 31.1 Å². The zero-order valence-electron chi connectivity index (χ0n) is 11.1. The van der Waals surface area contributed by atoms with Crippen LogP contribution < -0.4 is 10.6 Å². The maximum absolute atomic E-state index is 11.5. The van der Waals surface area contributed by atoms with E-state index in [4.69, 9.17) is 5.11 Å². The highest BCUT2D eigenvalue weighted by Gasteiger charge is 2.17. The van der Waals surface area contributed by atoms with Gasteiger partial charge in [-0.25, -0.2) is 4.79 Å². The molecule has 0 saturated heterocycles. The van der Waals surface area contributed by atoms with E-state index in [1.165, 1.54) is 12.8 Å². The normalized spacial score (nSPS) is 17.1. The molecule has 3 N–H and O–H groups in total. The predicted octanol–water partition coefficient (Wildman–Crippen LogP) is 2.03. The van der Waals surface area contributed by atoms with E-state index in [1.807, 2.05) is 13.8 Å². The Kier molecular flexibility index (Phi) is 5.75. The van der Waals surface area contributed by atoms with Gasteiger partial charge in [0.1, 0.15) is 0 Å². The predicted molar refractivity (Wildman–Crippen MR) is 68.9 cm³/mol. The molecule has 0 aromatic heterocycles. The SMILES string of the molecule is CC(C)(CO)CCCNC(=O)NC1CCCC1. The second kappa shape index (κ2) is 6.84. The van der Waals surface area contributed by atoms with Gasteiger partial charge in [-0.2, -0.15) is 0 Å². The van der Waals surface area contributed by atoms with Crippen LogP contribution in [0.5, 0.6) is 0 Å². The minimum Gasteiger partial charge on any atom is -0.396 e. The molecule has 1 aliphatic carbocycles. The van der Waals surface area contributed by atoms with Crippen molar-refractivity contribution in [3.8, 4) is 0 Å². The van der Waals surface area contributed by atoms with E-state index < -0.39 is 0 Å². The lowest BCUT2D eigenvalue weighted by Crippen LogP contribution is -2.41. The molecule has 1 rings (SSSR count). The van der Waals surface area contributed by atoms with Crippen LogP contribution in [0.1, 0.15) is 52.4 Å². The van der Waals surface area contributed by atoms with Gasteiger partial charge in [0, 0.05) is 19.2 Å². The largest absolute Gasteiger partial charge is 0.396 e. The monoisotopic (exact) mass is 242 g/mol. The first-order chi connectivity index (χ1) is 8.03. The van der Waals surface area contributed by atoms with Crippen molar-refractivity contribution >= 4 is 6.03 Å². The number of nitrogens with one attached hydrogen (secondary N) is 2. The summed E-state index contributed by atoms with van der Waals surface area (Å²) in [5.74, 6) is 0. The van der Waals surface area contributed by atoms with Crippen molar-refractivity contribution in [3.63, 3.8) is 0 Å². The van der Waals surface area contributed by atoms with Gasteiger partial charge in [0.05, 0.1) is 0 Å². The first-order valence-electron chi connectivity index (χ1n) is 6.69. The lowest BCUT2D eigenvalue weighted by molar-refractivity contribution is 0.148. The minimum absolute atomic E-state index is 0.0381. The van der Waals surface area contributed by atoms with Gasteiger partial charge < -0.3 is 15.7 Å². The fraction of sp³-hybridized carbons (Fsp3) is 0.923. The van der Waals surface area contributed by atoms with E-state index in [9.17, 15) is 4.79 Å². The number of rotatable bonds is 6. The molecular weight excluding hydrogens is 216 g/mol. The van der Waals surface area contributed by atoms with E-state index in [-0.39, 0.29) is 18.1 Å². The van der Waals surface area contributed by atoms with Gasteiger partial charge in [-0.15, -0.1) is 0 Å². The van der Waals surface area contributed by atoms with Crippen LogP contribution in [-0.2, 0) is 0 Å². The molecular formula is C13H26N2O2. The van der Waals surface area contributed by atoms with E-state index >= 15 is 0 Å². The molecule has 4 heteroatoms. The highest BCUT2D eigenvalue weighted by molar-refractivity contribution is 5.74. The molecule has 0 spiro atoms. The number of hydrogen-bond donors (Lipinski definition) is 3. The molecule has 0 aromatic rings. The van der Waals surface area contributed by atoms with Gasteiger partial charge in [-0.3, -0.25) is 0 Å². The summed E-state index contributed by atoms with van der Waals surface area (Å²) in [4.78, 5) is 11.5. The lowest BCUT2D eigenvalue weighted by Gasteiger charge is -2.21. The minimum atomic E-state index is -0.0429. The summed E-state index contributed by atoms with van der Waals surface area (Å²) >= 11 is 0. The molecule has 100 valence electrons. The fourth-order valence-corrected chi connectivity index (χ4v) is 2.15. The molecule has 2 amide bonds. The van der Waals surface area contributed by atoms with Crippen molar-refractivity contribution in [1.29, 1.82) is 0 Å². The molecule has 4 nitrogen and oxygen atoms in total. The van der Waals surface area contributed by atoms with Crippen LogP contribution in [0.4, 0.5) is 4.79 Å². The molecule has 0 radical (unpaired) electrons. The Morgan fingerprint density at radius 1 is 1.35 bits per heavy atom. The Hall–Kier alpha value is -0.770. The highest BCUT2D eigenvalue weighted by Crippen LogP contribution is 2.20. The third-order valence-corrected chi connectivity index (χ3v) is 3.43. The molecule has 0 unspecified atom stereocenters. The third-order valence-electron chi connectivity index (χ3n) is 3.43. The number of aliphatic hydroxyl groups is 1. The van der Waals surface area contributed by atoms with Crippen molar-refractivity contribution in [3.05, 3.63) is 0 Å². The van der Waals surface area contributed by atoms with E-state index in [0.717, 1.165) is 25.7 Å². The maximum Gasteiger partial charge on any atom is 0.315 e. The summed E-state index contributed by atoms with van der Waals surface area (Å²) in [5, 5.41) is 15.0. The Bertz CT molecular complexity index is 236. The van der Waals surface area contributed by atoms with Gasteiger partial charge in [-0.1, -0.05) is 26.7 Å². The summed E-state index contributed by atoms with van der Waals surface area (Å²) in [6.07, 6.45) is 6.53. The summed E-state index contributed by atoms with van der Waals surface area (Å²) in [6, 6.07) is 0.336. The molecule has 0 aliphatic heterocycles. The van der Waals surface area contributed by atoms with E-state index in [1.54, 1.807) is 0 Å². The Morgan fingerprint density at radius 3 is 2.59 bits per heavy atom. The zero-order valence-corrected chi connectivity index (χ0v) is 11.1. The van der Waals surface area contributed by atoms with Crippen molar-refractivity contribution in [2.24, 2.45) is 5.41 Å². The summed E-state index contributed by atoms with van der Waals surface area (Å²) in [6.45, 7) is 4.94. The maximum atomic E-state index is 11.5. The number of carbonyl (C=O) groups is 1. The number of urea groups is 1. The second-order valence-electron chi connectivity index (χ2n) is 5.81. The first-order valence-corrected chi connectivity index (χ1v) is 6.69. The zero-order chi connectivity index (χ0) is 12.7. The van der Waals surface area contributed by atoms with Crippen LogP contribution in [0, 0.1) is 5.41 Å². The van der Waals surface area contributed by atoms with Gasteiger partial charge in [0.15, 0.2) is 0 Å². The van der Waals surface area contributed by atoms with Gasteiger partial charge >= 0.3 is 6.03 Å². The first kappa shape index (κ1) is 14.3. The van der Waals surface area contributed by atoms with Crippen LogP contribution in [0.3, 0.4) is 0 Å². The van der Waals surface area contributed by atoms with Crippen LogP contribution in [0.25, 0.3) is 0 Å². The fourth-order valence-electron chi connectivity index (χ4n) is 2.15. The van der Waals surface area contributed by atoms with Crippen LogP contribution in [-0.4, -0.2) is 30.3 Å². The van der Waals surface area contributed by atoms with Crippen molar-refractivity contribution in [2.75, 3.05) is 13.2 Å². The molecule has 0 bridgehead atoms. The summed E-state index contributed by atoms with van der Waals surface area (Å²) in [7, 11) is 0. The summed E-state index contributed by atoms with van der Waals surface area (Å²) < 4.78 is 0. The van der Waals surface area contributed by atoms with Gasteiger partial charge in [0.2, 0.25) is 0 Å². The van der Waals surface area contributed by atoms with Gasteiger partial charge in [0.25, 0.3) is 0 Å². The number of aliphatic hydroxyl groups excluding tert-OH is 1. The van der Waals surface area contributed by atoms with Crippen LogP contribution in [0.15, 0.2) is 0 Å². The Labute approximate surface area is 104 Å². The number of hydrogen-bond acceptors (Lipinski definition) is 2. The molecule has 1 saturated carbocycles. The van der Waals surface area contributed by atoms with Crippen LogP contribution in [0.2, 0.25) is 0 Å². The second-order valence-corrected chi connectivity index (χ2v) is 5.81. The number of amides is 2. The molecule has 1 fully saturated rings. The average molecular weight is 242 g/mol. The van der Waals surface area contributed by atoms with Crippen LogP contribution >= 0.6 is 0 Å². The Balaban J connectivity index is 2.04. The average Bonchev–Trinajstić information content (AvgIpc) is 2.77. The quantitative estimate of drug-likeness (QED) is 0.624. The highest BCUT2D eigenvalue weighted by atomic mass is 16.3. The molecule has 0 atom stereocenters. The standard InChI is InChI=1S/C13H26N2O2/c1-13(2,10-16)8-5-9-14-12(17)15-11-6-3-4-7-11/h11,16H,3-10H2,1-2H3,(H2,14,15,17). The van der Waals surface area contributed by atoms with Crippen molar-refractivity contribution in [2.45, 2.75) is 58.4 Å². The Morgan fingerprint density at radius 2 is 2.00 bits per heavy atom. The van der Waals surface area contributed by atoms with E-state index in [2.05, 4.69) is 10.6 Å². The third kappa shape index (κ3) is 5.91. The summed E-state index contributed by atoms with van der Waals surface area (Å²) in [5.41, 5.74) is -0.0381. The van der Waals surface area contributed by atoms with Crippen molar-refractivity contribution in [1.82, 2.24) is 10.6 Å². The molecule has 0 heterocycles. The molecule has 0 aromatic carbocycles. The van der Waals surface area contributed by atoms with Crippen molar-refractivity contribution < 1.29 is 9.90 Å². The lowest BCUT2D eigenvalue weighted by atomic mass is 9.89. The number of carbonyl (C=O) groups excluding carboxylic acids is 1. The molecule has 17 heavy (non-hydrogen) atoms.